The molecule has 0 saturated carbocycles. The predicted octanol–water partition coefficient (Wildman–Crippen LogP) is 5.90. The molecule has 14 nitrogen and oxygen atoms in total. The van der Waals surface area contributed by atoms with Crippen molar-refractivity contribution in [1.82, 2.24) is 39.9 Å². The first kappa shape index (κ1) is 37.4. The molecule has 7 rings (SSSR count). The molecule has 0 unspecified atom stereocenters. The fourth-order valence-corrected chi connectivity index (χ4v) is 7.78. The number of nitrogens with zero attached hydrogens (tertiary/aromatic N) is 8. The van der Waals surface area contributed by atoms with E-state index in [1.807, 2.05) is 59.6 Å². The smallest absolute Gasteiger partial charge is 0.320 e. The van der Waals surface area contributed by atoms with Gasteiger partial charge < -0.3 is 25.4 Å². The van der Waals surface area contributed by atoms with E-state index in [9.17, 15) is 4.79 Å². The van der Waals surface area contributed by atoms with Gasteiger partial charge in [0.25, 0.3) is 0 Å². The molecule has 2 amide bonds. The summed E-state index contributed by atoms with van der Waals surface area (Å²) in [6.45, 7) is 13.7. The highest BCUT2D eigenvalue weighted by Crippen LogP contribution is 2.39. The topological polar surface area (TPSA) is 152 Å². The first-order valence-corrected chi connectivity index (χ1v) is 19.6. The lowest BCUT2D eigenvalue weighted by Crippen LogP contribution is -2.44. The summed E-state index contributed by atoms with van der Waals surface area (Å²) in [5.41, 5.74) is 10.5. The molecule has 4 N–H and O–H groups in total. The first-order valence-electron chi connectivity index (χ1n) is 19.6. The Balaban J connectivity index is 1.03. The molecule has 3 aromatic heterocycles. The minimum absolute atomic E-state index is 0.0803. The first-order chi connectivity index (χ1) is 26.2. The second-order valence-corrected chi connectivity index (χ2v) is 15.2. The Morgan fingerprint density at radius 3 is 2.63 bits per heavy atom. The number of piperidine rings is 1. The van der Waals surface area contributed by atoms with Crippen LogP contribution in [0.25, 0.3) is 5.65 Å². The Hall–Kier alpha value is -4.95. The van der Waals surface area contributed by atoms with E-state index >= 15 is 0 Å². The Bertz CT molecular complexity index is 1930. The highest BCUT2D eigenvalue weighted by Gasteiger charge is 2.31. The molecule has 5 heterocycles. The van der Waals surface area contributed by atoms with Crippen LogP contribution in [0.2, 0.25) is 0 Å². The second kappa shape index (κ2) is 17.0. The van der Waals surface area contributed by atoms with Crippen molar-refractivity contribution in [3.63, 3.8) is 0 Å². The van der Waals surface area contributed by atoms with Crippen LogP contribution in [0.3, 0.4) is 0 Å². The van der Waals surface area contributed by atoms with E-state index in [2.05, 4.69) is 61.7 Å². The molecule has 14 heteroatoms. The zero-order valence-electron chi connectivity index (χ0n) is 32.0. The van der Waals surface area contributed by atoms with E-state index in [-0.39, 0.29) is 24.1 Å². The Labute approximate surface area is 317 Å². The third-order valence-corrected chi connectivity index (χ3v) is 10.8. The van der Waals surface area contributed by atoms with Crippen molar-refractivity contribution in [2.24, 2.45) is 16.6 Å². The summed E-state index contributed by atoms with van der Waals surface area (Å²) in [5.74, 6) is 2.04. The SMILES string of the molecule is CC(C)C(N)=CC(=Nc1cnn(CCN2CCCOCC2)c1)NC(=O)N[C@H]1CC[C@@H](Oc2ccc3nnc(N4[C@H](C)CCC[C@@H]4C)n3c2)c2ccccc21. The zero-order valence-corrected chi connectivity index (χ0v) is 32.0. The number of urea groups is 1. The van der Waals surface area contributed by atoms with Crippen LogP contribution in [-0.2, 0) is 11.3 Å². The van der Waals surface area contributed by atoms with Gasteiger partial charge in [0.2, 0.25) is 5.95 Å². The molecular weight excluding hydrogens is 683 g/mol. The average molecular weight is 738 g/mol. The monoisotopic (exact) mass is 737 g/mol. The minimum Gasteiger partial charge on any atom is -0.484 e. The molecule has 288 valence electrons. The molecule has 0 bridgehead atoms. The number of hydrogen-bond donors (Lipinski definition) is 3. The number of pyridine rings is 1. The number of anilines is 1. The zero-order chi connectivity index (χ0) is 37.6. The van der Waals surface area contributed by atoms with Gasteiger partial charge in [0.1, 0.15) is 23.4 Å². The molecule has 0 spiro atoms. The van der Waals surface area contributed by atoms with Crippen LogP contribution in [0.15, 0.2) is 71.8 Å². The standard InChI is InChI=1S/C40H55N11O3/c1-27(2)34(41)23-37(43-30-24-42-49(25-30)19-18-48-17-8-21-53-22-20-48)45-39(52)44-35-14-15-36(33-12-6-5-11-32(33)35)54-31-13-16-38-46-47-40(50(38)26-31)51-28(3)9-7-10-29(51)4/h5-6,11-13,16,23-29,35-36H,7-10,14-15,17-22,41H2,1-4H3,(H2,43,44,45,52)/t28-,29+,35-,36+/m0/s1. The van der Waals surface area contributed by atoms with E-state index < -0.39 is 0 Å². The maximum Gasteiger partial charge on any atom is 0.320 e. The number of ether oxygens (including phenoxy) is 2. The quantitative estimate of drug-likeness (QED) is 0.134. The maximum absolute atomic E-state index is 13.6. The number of amides is 2. The lowest BCUT2D eigenvalue weighted by Gasteiger charge is -2.39. The maximum atomic E-state index is 13.6. The molecule has 2 fully saturated rings. The molecular formula is C40H55N11O3. The van der Waals surface area contributed by atoms with Crippen LogP contribution in [0.5, 0.6) is 5.75 Å². The van der Waals surface area contributed by atoms with Gasteiger partial charge in [-0.15, -0.1) is 10.2 Å². The fourth-order valence-electron chi connectivity index (χ4n) is 7.78. The number of fused-ring (bicyclic) bond motifs is 2. The third-order valence-electron chi connectivity index (χ3n) is 10.8. The molecule has 54 heavy (non-hydrogen) atoms. The van der Waals surface area contributed by atoms with Crippen molar-refractivity contribution in [2.75, 3.05) is 37.7 Å². The van der Waals surface area contributed by atoms with Crippen LogP contribution in [0.1, 0.15) is 89.5 Å². The van der Waals surface area contributed by atoms with Crippen LogP contribution < -0.4 is 26.0 Å². The molecule has 3 aliphatic rings. The summed E-state index contributed by atoms with van der Waals surface area (Å²) in [4.78, 5) is 23.1. The number of allylic oxidation sites excluding steroid dienone is 1. The molecule has 1 aliphatic carbocycles. The lowest BCUT2D eigenvalue weighted by atomic mass is 9.85. The van der Waals surface area contributed by atoms with E-state index in [0.29, 0.717) is 35.7 Å². The summed E-state index contributed by atoms with van der Waals surface area (Å²) >= 11 is 0. The molecule has 1 aromatic carbocycles. The van der Waals surface area contributed by atoms with E-state index in [4.69, 9.17) is 20.2 Å². The number of hydrogen-bond acceptors (Lipinski definition) is 10. The van der Waals surface area contributed by atoms with Gasteiger partial charge in [-0.25, -0.2) is 9.79 Å². The van der Waals surface area contributed by atoms with Crippen molar-refractivity contribution in [2.45, 2.75) is 97.0 Å². The number of aliphatic imine (C=N–C) groups is 1. The summed E-state index contributed by atoms with van der Waals surface area (Å²) in [6.07, 6.45) is 13.1. The van der Waals surface area contributed by atoms with Crippen molar-refractivity contribution in [3.05, 3.63) is 77.9 Å². The lowest BCUT2D eigenvalue weighted by molar-refractivity contribution is 0.140. The molecule has 4 atom stereocenters. The average Bonchev–Trinajstić information content (AvgIpc) is 3.69. The number of rotatable bonds is 10. The normalized spacial score (nSPS) is 22.9. The van der Waals surface area contributed by atoms with Crippen LogP contribution in [-0.4, -0.2) is 86.1 Å². The molecule has 0 radical (unpaired) electrons. The van der Waals surface area contributed by atoms with Crippen LogP contribution in [0.4, 0.5) is 16.4 Å². The van der Waals surface area contributed by atoms with Crippen molar-refractivity contribution >= 4 is 29.1 Å². The summed E-state index contributed by atoms with van der Waals surface area (Å²) < 4.78 is 16.2. The van der Waals surface area contributed by atoms with Gasteiger partial charge in [-0.1, -0.05) is 38.1 Å². The number of aromatic nitrogens is 5. The Morgan fingerprint density at radius 1 is 1.00 bits per heavy atom. The van der Waals surface area contributed by atoms with E-state index in [1.165, 1.54) is 6.42 Å². The Morgan fingerprint density at radius 2 is 1.81 bits per heavy atom. The van der Waals surface area contributed by atoms with Gasteiger partial charge in [0.05, 0.1) is 37.8 Å². The van der Waals surface area contributed by atoms with Gasteiger partial charge in [0.15, 0.2) is 5.65 Å². The molecule has 4 aromatic rings. The minimum atomic E-state index is -0.358. The van der Waals surface area contributed by atoms with Gasteiger partial charge in [-0.2, -0.15) is 5.10 Å². The van der Waals surface area contributed by atoms with Crippen molar-refractivity contribution < 1.29 is 14.3 Å². The van der Waals surface area contributed by atoms with Gasteiger partial charge in [-0.3, -0.25) is 19.3 Å². The fraction of sp³-hybridized carbons (Fsp3) is 0.525. The van der Waals surface area contributed by atoms with Gasteiger partial charge in [0, 0.05) is 44.0 Å². The number of benzene rings is 1. The van der Waals surface area contributed by atoms with Gasteiger partial charge >= 0.3 is 6.03 Å². The van der Waals surface area contributed by atoms with Crippen molar-refractivity contribution in [3.8, 4) is 5.75 Å². The number of amidine groups is 1. The summed E-state index contributed by atoms with van der Waals surface area (Å²) in [6, 6.07) is 12.3. The largest absolute Gasteiger partial charge is 0.484 e. The molecule has 2 aliphatic heterocycles. The number of nitrogens with two attached hydrogens (primary N) is 1. The highest BCUT2D eigenvalue weighted by molar-refractivity contribution is 6.05. The molecule has 2 saturated heterocycles. The highest BCUT2D eigenvalue weighted by atomic mass is 16.5. The van der Waals surface area contributed by atoms with E-state index in [0.717, 1.165) is 93.5 Å². The number of carbonyl (C=O) groups excluding carboxylic acids is 1. The predicted molar refractivity (Wildman–Crippen MR) is 210 cm³/mol. The van der Waals surface area contributed by atoms with Crippen LogP contribution in [0, 0.1) is 5.92 Å². The Kier molecular flexibility index (Phi) is 11.8. The van der Waals surface area contributed by atoms with Crippen LogP contribution >= 0.6 is 0 Å². The number of nitrogens with one attached hydrogen (secondary N) is 2. The van der Waals surface area contributed by atoms with E-state index in [1.54, 1.807) is 12.3 Å². The van der Waals surface area contributed by atoms with Gasteiger partial charge in [-0.05, 0) is 87.6 Å². The summed E-state index contributed by atoms with van der Waals surface area (Å²) in [7, 11) is 0. The third kappa shape index (κ3) is 8.87. The number of carbonyl (C=O) groups is 1. The summed E-state index contributed by atoms with van der Waals surface area (Å²) in [5, 5.41) is 19.7. The van der Waals surface area contributed by atoms with Crippen molar-refractivity contribution in [1.29, 1.82) is 0 Å². The second-order valence-electron chi connectivity index (χ2n) is 15.2.